The lowest BCUT2D eigenvalue weighted by atomic mass is 10.2. The van der Waals surface area contributed by atoms with E-state index in [0.717, 1.165) is 37.4 Å². The van der Waals surface area contributed by atoms with Gasteiger partial charge in [0.2, 0.25) is 5.91 Å². The van der Waals surface area contributed by atoms with E-state index in [-0.39, 0.29) is 12.0 Å². The second kappa shape index (κ2) is 6.72. The van der Waals surface area contributed by atoms with Crippen LogP contribution in [-0.4, -0.2) is 43.2 Å². The zero-order valence-corrected chi connectivity index (χ0v) is 12.2. The summed E-state index contributed by atoms with van der Waals surface area (Å²) in [6.45, 7) is 6.86. The van der Waals surface area contributed by atoms with Gasteiger partial charge in [0, 0.05) is 31.1 Å². The number of hydrogen-bond donors (Lipinski definition) is 2. The lowest BCUT2D eigenvalue weighted by molar-refractivity contribution is -0.117. The lowest BCUT2D eigenvalue weighted by Crippen LogP contribution is -2.37. The highest BCUT2D eigenvalue weighted by Crippen LogP contribution is 2.17. The van der Waals surface area contributed by atoms with Gasteiger partial charge in [-0.1, -0.05) is 0 Å². The van der Waals surface area contributed by atoms with Crippen molar-refractivity contribution in [3.8, 4) is 0 Å². The largest absolute Gasteiger partial charge is 0.399 e. The van der Waals surface area contributed by atoms with Crippen molar-refractivity contribution < 1.29 is 9.53 Å². The summed E-state index contributed by atoms with van der Waals surface area (Å²) in [6.07, 6.45) is 1.15. The van der Waals surface area contributed by atoms with Crippen molar-refractivity contribution in [3.05, 3.63) is 23.8 Å². The number of rotatable bonds is 3. The molecule has 1 fully saturated rings. The highest BCUT2D eigenvalue weighted by molar-refractivity contribution is 5.93. The van der Waals surface area contributed by atoms with Crippen molar-refractivity contribution in [3.63, 3.8) is 0 Å². The fraction of sp³-hybridized carbons (Fsp3) is 0.533. The smallest absolute Gasteiger partial charge is 0.238 e. The zero-order chi connectivity index (χ0) is 14.5. The van der Waals surface area contributed by atoms with Gasteiger partial charge in [-0.2, -0.15) is 0 Å². The number of ether oxygens (including phenoxy) is 1. The summed E-state index contributed by atoms with van der Waals surface area (Å²) in [5, 5.41) is 2.94. The molecule has 5 nitrogen and oxygen atoms in total. The summed E-state index contributed by atoms with van der Waals surface area (Å²) in [4.78, 5) is 14.3. The summed E-state index contributed by atoms with van der Waals surface area (Å²) in [5.74, 6) is 0.00646. The number of nitrogens with one attached hydrogen (secondary N) is 1. The van der Waals surface area contributed by atoms with Gasteiger partial charge >= 0.3 is 0 Å². The quantitative estimate of drug-likeness (QED) is 0.824. The highest BCUT2D eigenvalue weighted by Gasteiger charge is 2.17. The van der Waals surface area contributed by atoms with Gasteiger partial charge in [-0.15, -0.1) is 0 Å². The van der Waals surface area contributed by atoms with Crippen LogP contribution in [-0.2, 0) is 9.53 Å². The number of hydrogen-bond acceptors (Lipinski definition) is 4. The first-order chi connectivity index (χ1) is 9.54. The van der Waals surface area contributed by atoms with Crippen LogP contribution in [0, 0.1) is 6.92 Å². The van der Waals surface area contributed by atoms with Crippen LogP contribution in [0.15, 0.2) is 18.2 Å². The molecule has 1 aromatic rings. The van der Waals surface area contributed by atoms with Gasteiger partial charge in [0.15, 0.2) is 0 Å². The average molecular weight is 277 g/mol. The van der Waals surface area contributed by atoms with Crippen LogP contribution in [0.1, 0.15) is 18.9 Å². The molecule has 0 aliphatic carbocycles. The maximum atomic E-state index is 12.1. The molecule has 1 saturated heterocycles. The van der Waals surface area contributed by atoms with Crippen molar-refractivity contribution in [2.45, 2.75) is 26.4 Å². The molecule has 3 N–H and O–H groups in total. The van der Waals surface area contributed by atoms with Crippen LogP contribution in [0.2, 0.25) is 0 Å². The van der Waals surface area contributed by atoms with Crippen LogP contribution in [0.4, 0.5) is 11.4 Å². The predicted octanol–water partition coefficient (Wildman–Crippen LogP) is 1.63. The lowest BCUT2D eigenvalue weighted by Gasteiger charge is -2.21. The number of benzene rings is 1. The maximum Gasteiger partial charge on any atom is 0.238 e. The summed E-state index contributed by atoms with van der Waals surface area (Å²) in [7, 11) is 0. The van der Waals surface area contributed by atoms with Crippen molar-refractivity contribution >= 4 is 17.3 Å². The Balaban J connectivity index is 1.91. The molecule has 110 valence electrons. The number of nitrogens with two attached hydrogens (primary N) is 1. The molecule has 1 aliphatic heterocycles. The Kier molecular flexibility index (Phi) is 4.98. The van der Waals surface area contributed by atoms with E-state index in [1.807, 2.05) is 26.0 Å². The van der Waals surface area contributed by atoms with E-state index in [4.69, 9.17) is 10.5 Å². The maximum absolute atomic E-state index is 12.1. The van der Waals surface area contributed by atoms with E-state index in [1.54, 1.807) is 6.07 Å². The molecule has 1 heterocycles. The molecule has 0 aromatic heterocycles. The monoisotopic (exact) mass is 277 g/mol. The van der Waals surface area contributed by atoms with Crippen molar-refractivity contribution in [1.82, 2.24) is 4.90 Å². The molecular weight excluding hydrogens is 254 g/mol. The summed E-state index contributed by atoms with van der Waals surface area (Å²) in [5.41, 5.74) is 8.21. The van der Waals surface area contributed by atoms with Gasteiger partial charge in [-0.25, -0.2) is 0 Å². The van der Waals surface area contributed by atoms with E-state index >= 15 is 0 Å². The fourth-order valence-corrected chi connectivity index (χ4v) is 2.44. The number of amides is 1. The minimum absolute atomic E-state index is 0.00646. The van der Waals surface area contributed by atoms with Gasteiger partial charge in [0.1, 0.15) is 0 Å². The van der Waals surface area contributed by atoms with Crippen LogP contribution in [0.3, 0.4) is 0 Å². The van der Waals surface area contributed by atoms with E-state index in [2.05, 4.69) is 10.2 Å². The third kappa shape index (κ3) is 4.21. The summed E-state index contributed by atoms with van der Waals surface area (Å²) in [6, 6.07) is 5.50. The van der Waals surface area contributed by atoms with E-state index < -0.39 is 0 Å². The van der Waals surface area contributed by atoms with Crippen LogP contribution in [0.25, 0.3) is 0 Å². The molecule has 1 unspecified atom stereocenters. The van der Waals surface area contributed by atoms with Gasteiger partial charge in [-0.05, 0) is 44.0 Å². The molecule has 0 radical (unpaired) electrons. The van der Waals surface area contributed by atoms with Crippen LogP contribution < -0.4 is 11.1 Å². The Labute approximate surface area is 120 Å². The second-order valence-corrected chi connectivity index (χ2v) is 5.39. The summed E-state index contributed by atoms with van der Waals surface area (Å²) >= 11 is 0. The van der Waals surface area contributed by atoms with Gasteiger partial charge in [0.05, 0.1) is 12.6 Å². The Morgan fingerprint density at radius 2 is 2.35 bits per heavy atom. The molecule has 1 amide bonds. The molecule has 2 rings (SSSR count). The second-order valence-electron chi connectivity index (χ2n) is 5.39. The van der Waals surface area contributed by atoms with Crippen molar-refractivity contribution in [2.24, 2.45) is 0 Å². The highest BCUT2D eigenvalue weighted by atomic mass is 16.5. The molecule has 20 heavy (non-hydrogen) atoms. The molecular formula is C15H23N3O2. The molecule has 0 bridgehead atoms. The Hall–Kier alpha value is -1.59. The standard InChI is InChI=1S/C15H23N3O2/c1-11-8-13(16)4-5-14(11)17-15(19)10-18-6-3-7-20-12(2)9-18/h4-5,8,12H,3,6-7,9-10,16H2,1-2H3,(H,17,19). The number of carbonyl (C=O) groups is 1. The zero-order valence-electron chi connectivity index (χ0n) is 12.2. The van der Waals surface area contributed by atoms with Crippen LogP contribution >= 0.6 is 0 Å². The number of nitrogens with zero attached hydrogens (tertiary/aromatic N) is 1. The SMILES string of the molecule is Cc1cc(N)ccc1NC(=O)CN1CCCOC(C)C1. The Bertz CT molecular complexity index is 476. The first-order valence-electron chi connectivity index (χ1n) is 7.04. The van der Waals surface area contributed by atoms with E-state index in [0.29, 0.717) is 12.2 Å². The van der Waals surface area contributed by atoms with Gasteiger partial charge < -0.3 is 15.8 Å². The molecule has 0 spiro atoms. The minimum Gasteiger partial charge on any atom is -0.399 e. The third-order valence-corrected chi connectivity index (χ3v) is 3.43. The normalized spacial score (nSPS) is 20.4. The number of nitrogen functional groups attached to an aromatic ring is 1. The van der Waals surface area contributed by atoms with Crippen LogP contribution in [0.5, 0.6) is 0 Å². The predicted molar refractivity (Wildman–Crippen MR) is 80.7 cm³/mol. The van der Waals surface area contributed by atoms with E-state index in [9.17, 15) is 4.79 Å². The Morgan fingerprint density at radius 1 is 1.55 bits per heavy atom. The first kappa shape index (κ1) is 14.8. The Morgan fingerprint density at radius 3 is 3.10 bits per heavy atom. The molecule has 1 aromatic carbocycles. The average Bonchev–Trinajstić information content (AvgIpc) is 2.57. The topological polar surface area (TPSA) is 67.6 Å². The third-order valence-electron chi connectivity index (χ3n) is 3.43. The minimum atomic E-state index is 0.00646. The van der Waals surface area contributed by atoms with Gasteiger partial charge in [0.25, 0.3) is 0 Å². The van der Waals surface area contributed by atoms with Gasteiger partial charge in [-0.3, -0.25) is 9.69 Å². The molecule has 1 aliphatic rings. The number of aryl methyl sites for hydroxylation is 1. The van der Waals surface area contributed by atoms with E-state index in [1.165, 1.54) is 0 Å². The number of anilines is 2. The fourth-order valence-electron chi connectivity index (χ4n) is 2.44. The molecule has 1 atom stereocenters. The van der Waals surface area contributed by atoms with Crippen molar-refractivity contribution in [2.75, 3.05) is 37.3 Å². The molecule has 0 saturated carbocycles. The van der Waals surface area contributed by atoms with Crippen molar-refractivity contribution in [1.29, 1.82) is 0 Å². The summed E-state index contributed by atoms with van der Waals surface area (Å²) < 4.78 is 5.58. The molecule has 5 heteroatoms. The number of carbonyl (C=O) groups excluding carboxylic acids is 1. The first-order valence-corrected chi connectivity index (χ1v) is 7.04.